The van der Waals surface area contributed by atoms with Crippen molar-refractivity contribution >= 4 is 17.2 Å². The van der Waals surface area contributed by atoms with Crippen molar-refractivity contribution < 1.29 is 9.47 Å². The van der Waals surface area contributed by atoms with Crippen molar-refractivity contribution in [3.05, 3.63) is 30.5 Å². The molecule has 174 valence electrons. The van der Waals surface area contributed by atoms with Crippen molar-refractivity contribution in [2.75, 3.05) is 63.6 Å². The molecule has 0 spiro atoms. The highest BCUT2D eigenvalue weighted by Crippen LogP contribution is 2.32. The highest BCUT2D eigenvalue weighted by atomic mass is 16.5. The second-order valence-electron chi connectivity index (χ2n) is 8.65. The monoisotopic (exact) mass is 440 g/mol. The summed E-state index contributed by atoms with van der Waals surface area (Å²) in [5.74, 6) is 2.97. The van der Waals surface area contributed by atoms with Crippen molar-refractivity contribution in [2.24, 2.45) is 5.92 Å². The Bertz CT molecular complexity index is 837. The zero-order chi connectivity index (χ0) is 22.0. The summed E-state index contributed by atoms with van der Waals surface area (Å²) in [6, 6.07) is 7.90. The van der Waals surface area contributed by atoms with E-state index in [1.807, 2.05) is 24.3 Å². The van der Waals surface area contributed by atoms with Gasteiger partial charge in [0.25, 0.3) is 0 Å². The third-order valence-electron chi connectivity index (χ3n) is 6.21. The molecule has 3 heterocycles. The number of anilines is 3. The van der Waals surface area contributed by atoms with Crippen molar-refractivity contribution in [1.82, 2.24) is 20.4 Å². The quantitative estimate of drug-likeness (QED) is 0.458. The second kappa shape index (κ2) is 11.9. The lowest BCUT2D eigenvalue weighted by Gasteiger charge is -2.22. The molecular formula is C24H36N6O2. The number of nitrogens with one attached hydrogen (secondary N) is 3. The van der Waals surface area contributed by atoms with Crippen LogP contribution in [0.5, 0.6) is 11.5 Å². The van der Waals surface area contributed by atoms with E-state index < -0.39 is 0 Å². The number of likely N-dealkylation sites (tertiary alicyclic amines) is 1. The van der Waals surface area contributed by atoms with Crippen LogP contribution in [0.15, 0.2) is 30.5 Å². The second-order valence-corrected chi connectivity index (χ2v) is 8.65. The van der Waals surface area contributed by atoms with E-state index in [1.54, 1.807) is 13.3 Å². The number of ether oxygens (including phenoxy) is 2. The van der Waals surface area contributed by atoms with Crippen LogP contribution in [0.25, 0.3) is 0 Å². The van der Waals surface area contributed by atoms with Crippen LogP contribution in [-0.4, -0.2) is 68.1 Å². The molecule has 0 unspecified atom stereocenters. The van der Waals surface area contributed by atoms with Gasteiger partial charge in [0.1, 0.15) is 0 Å². The van der Waals surface area contributed by atoms with Gasteiger partial charge in [-0.15, -0.1) is 5.10 Å². The topological polar surface area (TPSA) is 83.6 Å². The number of rotatable bonds is 11. The molecule has 0 saturated carbocycles. The first-order chi connectivity index (χ1) is 15.8. The molecule has 2 aliphatic rings. The summed E-state index contributed by atoms with van der Waals surface area (Å²) in [5.41, 5.74) is 1.82. The molecule has 8 nitrogen and oxygen atoms in total. The molecule has 4 rings (SSSR count). The van der Waals surface area contributed by atoms with Crippen LogP contribution in [0.2, 0.25) is 0 Å². The van der Waals surface area contributed by atoms with Gasteiger partial charge in [-0.1, -0.05) is 0 Å². The van der Waals surface area contributed by atoms with Crippen LogP contribution in [0.1, 0.15) is 32.1 Å². The van der Waals surface area contributed by atoms with Crippen molar-refractivity contribution in [3.63, 3.8) is 0 Å². The smallest absolute Gasteiger partial charge is 0.163 e. The maximum absolute atomic E-state index is 6.06. The van der Waals surface area contributed by atoms with Crippen LogP contribution in [-0.2, 0) is 0 Å². The van der Waals surface area contributed by atoms with Crippen molar-refractivity contribution in [3.8, 4) is 11.5 Å². The largest absolute Gasteiger partial charge is 0.493 e. The van der Waals surface area contributed by atoms with Gasteiger partial charge in [0.2, 0.25) is 0 Å². The summed E-state index contributed by atoms with van der Waals surface area (Å²) in [6.07, 6.45) is 7.79. The molecule has 0 atom stereocenters. The molecule has 0 bridgehead atoms. The van der Waals surface area contributed by atoms with Crippen LogP contribution in [0.3, 0.4) is 0 Å². The van der Waals surface area contributed by atoms with E-state index in [1.165, 1.54) is 38.8 Å². The van der Waals surface area contributed by atoms with E-state index in [0.29, 0.717) is 12.5 Å². The summed E-state index contributed by atoms with van der Waals surface area (Å²) >= 11 is 0. The van der Waals surface area contributed by atoms with Crippen LogP contribution in [0, 0.1) is 5.92 Å². The summed E-state index contributed by atoms with van der Waals surface area (Å²) in [5, 5.41) is 18.6. The zero-order valence-corrected chi connectivity index (χ0v) is 19.1. The van der Waals surface area contributed by atoms with Gasteiger partial charge in [-0.3, -0.25) is 0 Å². The molecule has 8 heteroatoms. The summed E-state index contributed by atoms with van der Waals surface area (Å²) in [7, 11) is 1.67. The molecular weight excluding hydrogens is 404 g/mol. The molecule has 0 aliphatic carbocycles. The minimum absolute atomic E-state index is 0.678. The Labute approximate surface area is 191 Å². The first kappa shape index (κ1) is 22.6. The summed E-state index contributed by atoms with van der Waals surface area (Å²) in [6.45, 7) is 7.33. The Morgan fingerprint density at radius 3 is 2.75 bits per heavy atom. The Balaban J connectivity index is 1.31. The Morgan fingerprint density at radius 2 is 1.94 bits per heavy atom. The Kier molecular flexibility index (Phi) is 8.39. The number of hydrogen-bond donors (Lipinski definition) is 3. The fraction of sp³-hybridized carbons (Fsp3) is 0.583. The summed E-state index contributed by atoms with van der Waals surface area (Å²) < 4.78 is 11.5. The van der Waals surface area contributed by atoms with Crippen LogP contribution >= 0.6 is 0 Å². The molecule has 2 fully saturated rings. The maximum atomic E-state index is 6.06. The van der Waals surface area contributed by atoms with Gasteiger partial charge in [-0.25, -0.2) is 0 Å². The first-order valence-corrected chi connectivity index (χ1v) is 11.9. The van der Waals surface area contributed by atoms with Gasteiger partial charge >= 0.3 is 0 Å². The van der Waals surface area contributed by atoms with E-state index in [-0.39, 0.29) is 0 Å². The molecule has 3 N–H and O–H groups in total. The molecule has 0 radical (unpaired) electrons. The molecule has 2 aromatic rings. The molecule has 1 aromatic carbocycles. The van der Waals surface area contributed by atoms with E-state index >= 15 is 0 Å². The Hall–Kier alpha value is -2.58. The van der Waals surface area contributed by atoms with E-state index in [9.17, 15) is 0 Å². The highest BCUT2D eigenvalue weighted by Gasteiger charge is 2.14. The number of hydrogen-bond acceptors (Lipinski definition) is 8. The normalized spacial score (nSPS) is 17.3. The highest BCUT2D eigenvalue weighted by molar-refractivity contribution is 5.64. The SMILES string of the molecule is COc1ccc(Nc2cnnc(NCC3CCNCC3)c2)cc1OCCCN1CCCC1. The van der Waals surface area contributed by atoms with Crippen molar-refractivity contribution in [1.29, 1.82) is 0 Å². The lowest BCUT2D eigenvalue weighted by Crippen LogP contribution is -2.31. The summed E-state index contributed by atoms with van der Waals surface area (Å²) in [4.78, 5) is 2.51. The van der Waals surface area contributed by atoms with E-state index in [4.69, 9.17) is 9.47 Å². The number of aromatic nitrogens is 2. The molecule has 32 heavy (non-hydrogen) atoms. The number of benzene rings is 1. The minimum atomic E-state index is 0.678. The third kappa shape index (κ3) is 6.71. The number of piperidine rings is 1. The molecule has 1 aromatic heterocycles. The van der Waals surface area contributed by atoms with Gasteiger partial charge < -0.3 is 30.3 Å². The molecule has 2 saturated heterocycles. The predicted molar refractivity (Wildman–Crippen MR) is 128 cm³/mol. The number of methoxy groups -OCH3 is 1. The fourth-order valence-corrected chi connectivity index (χ4v) is 4.37. The third-order valence-corrected chi connectivity index (χ3v) is 6.21. The predicted octanol–water partition coefficient (Wildman–Crippen LogP) is 3.51. The van der Waals surface area contributed by atoms with Crippen molar-refractivity contribution in [2.45, 2.75) is 32.1 Å². The maximum Gasteiger partial charge on any atom is 0.163 e. The van der Waals surface area contributed by atoms with E-state index in [0.717, 1.165) is 61.3 Å². The lowest BCUT2D eigenvalue weighted by atomic mass is 9.98. The van der Waals surface area contributed by atoms with Gasteiger partial charge in [-0.2, -0.15) is 5.10 Å². The lowest BCUT2D eigenvalue weighted by molar-refractivity contribution is 0.254. The van der Waals surface area contributed by atoms with Gasteiger partial charge in [0, 0.05) is 30.9 Å². The first-order valence-electron chi connectivity index (χ1n) is 11.9. The fourth-order valence-electron chi connectivity index (χ4n) is 4.37. The van der Waals surface area contributed by atoms with Gasteiger partial charge in [-0.05, 0) is 76.3 Å². The Morgan fingerprint density at radius 1 is 1.09 bits per heavy atom. The van der Waals surface area contributed by atoms with Gasteiger partial charge in [0.05, 0.1) is 25.6 Å². The van der Waals surface area contributed by atoms with Gasteiger partial charge in [0.15, 0.2) is 17.3 Å². The van der Waals surface area contributed by atoms with E-state index in [2.05, 4.69) is 31.0 Å². The van der Waals surface area contributed by atoms with Crippen LogP contribution < -0.4 is 25.4 Å². The minimum Gasteiger partial charge on any atom is -0.493 e. The van der Waals surface area contributed by atoms with Crippen LogP contribution in [0.4, 0.5) is 17.2 Å². The standard InChI is InChI=1S/C24H36N6O2/c1-31-22-6-5-20(15-23(22)32-14-4-13-30-11-2-3-12-30)28-21-16-24(29-27-18-21)26-17-19-7-9-25-10-8-19/h5-6,15-16,18-19,25H,2-4,7-14,17H2,1H3,(H2,26,28,29). The molecule has 0 amide bonds. The molecule has 2 aliphatic heterocycles. The average molecular weight is 441 g/mol. The number of nitrogens with zero attached hydrogens (tertiary/aromatic N) is 3. The zero-order valence-electron chi connectivity index (χ0n) is 19.1. The average Bonchev–Trinajstić information content (AvgIpc) is 3.35.